The third-order valence-corrected chi connectivity index (χ3v) is 3.50. The molecule has 2 N–H and O–H groups in total. The summed E-state index contributed by atoms with van der Waals surface area (Å²) >= 11 is 2.98. The molecule has 0 saturated heterocycles. The zero-order valence-electron chi connectivity index (χ0n) is 11.2. The van der Waals surface area contributed by atoms with Crippen molar-refractivity contribution in [3.05, 3.63) is 28.0 Å². The number of benzene rings is 1. The van der Waals surface area contributed by atoms with E-state index in [-0.39, 0.29) is 16.1 Å². The molecule has 1 unspecified atom stereocenters. The number of nitrogens with zero attached hydrogens (tertiary/aromatic N) is 1. The fourth-order valence-electron chi connectivity index (χ4n) is 1.62. The minimum absolute atomic E-state index is 0.0233. The SMILES string of the molecule is CC(CCN(C)C)Nc1ccc(C(=O)O)c(Br)c1F. The number of aromatic carboxylic acids is 1. The number of halogens is 2. The van der Waals surface area contributed by atoms with Crippen molar-refractivity contribution in [2.24, 2.45) is 0 Å². The van der Waals surface area contributed by atoms with Gasteiger partial charge in [-0.3, -0.25) is 0 Å². The monoisotopic (exact) mass is 332 g/mol. The van der Waals surface area contributed by atoms with E-state index in [0.717, 1.165) is 13.0 Å². The molecular formula is C13H18BrFN2O2. The van der Waals surface area contributed by atoms with Gasteiger partial charge >= 0.3 is 5.97 Å². The van der Waals surface area contributed by atoms with Gasteiger partial charge in [-0.1, -0.05) is 0 Å². The standard InChI is InChI=1S/C13H18BrFN2O2/c1-8(6-7-17(2)3)16-10-5-4-9(13(18)19)11(14)12(10)15/h4-5,8,16H,6-7H2,1-3H3,(H,18,19). The summed E-state index contributed by atoms with van der Waals surface area (Å²) in [5, 5.41) is 11.9. The highest BCUT2D eigenvalue weighted by Crippen LogP contribution is 2.27. The van der Waals surface area contributed by atoms with Gasteiger partial charge in [-0.2, -0.15) is 0 Å². The average molecular weight is 333 g/mol. The molecule has 0 aliphatic carbocycles. The Bertz CT molecular complexity index is 466. The number of carboxylic acids is 1. The number of hydrogen-bond acceptors (Lipinski definition) is 3. The highest BCUT2D eigenvalue weighted by molar-refractivity contribution is 9.10. The van der Waals surface area contributed by atoms with Gasteiger partial charge in [0.1, 0.15) is 0 Å². The van der Waals surface area contributed by atoms with Gasteiger partial charge in [-0.25, -0.2) is 9.18 Å². The lowest BCUT2D eigenvalue weighted by Gasteiger charge is -2.18. The maximum absolute atomic E-state index is 14.0. The number of anilines is 1. The predicted molar refractivity (Wildman–Crippen MR) is 77.3 cm³/mol. The molecule has 1 aromatic carbocycles. The van der Waals surface area contributed by atoms with E-state index < -0.39 is 11.8 Å². The molecule has 0 aliphatic heterocycles. The van der Waals surface area contributed by atoms with Crippen LogP contribution in [0.2, 0.25) is 0 Å². The van der Waals surface area contributed by atoms with Crippen molar-refractivity contribution in [2.45, 2.75) is 19.4 Å². The molecule has 0 fully saturated rings. The van der Waals surface area contributed by atoms with Gasteiger partial charge in [-0.15, -0.1) is 0 Å². The maximum Gasteiger partial charge on any atom is 0.336 e. The highest BCUT2D eigenvalue weighted by atomic mass is 79.9. The van der Waals surface area contributed by atoms with E-state index in [1.807, 2.05) is 21.0 Å². The van der Waals surface area contributed by atoms with Crippen molar-refractivity contribution < 1.29 is 14.3 Å². The summed E-state index contributed by atoms with van der Waals surface area (Å²) in [6.07, 6.45) is 0.866. The molecule has 19 heavy (non-hydrogen) atoms. The number of carbonyl (C=O) groups is 1. The smallest absolute Gasteiger partial charge is 0.336 e. The Morgan fingerprint density at radius 1 is 1.53 bits per heavy atom. The Morgan fingerprint density at radius 2 is 2.16 bits per heavy atom. The number of hydrogen-bond donors (Lipinski definition) is 2. The van der Waals surface area contributed by atoms with E-state index in [1.165, 1.54) is 12.1 Å². The predicted octanol–water partition coefficient (Wildman–Crippen LogP) is 3.04. The number of nitrogens with one attached hydrogen (secondary N) is 1. The quantitative estimate of drug-likeness (QED) is 0.840. The lowest BCUT2D eigenvalue weighted by Crippen LogP contribution is -2.23. The second-order valence-electron chi connectivity index (χ2n) is 4.73. The highest BCUT2D eigenvalue weighted by Gasteiger charge is 2.16. The van der Waals surface area contributed by atoms with Gasteiger partial charge in [0.25, 0.3) is 0 Å². The molecule has 1 atom stereocenters. The van der Waals surface area contributed by atoms with Gasteiger partial charge in [0.2, 0.25) is 0 Å². The Morgan fingerprint density at radius 3 is 2.68 bits per heavy atom. The summed E-state index contributed by atoms with van der Waals surface area (Å²) < 4.78 is 14.0. The van der Waals surface area contributed by atoms with Gasteiger partial charge in [0.05, 0.1) is 15.7 Å². The second-order valence-corrected chi connectivity index (χ2v) is 5.52. The summed E-state index contributed by atoms with van der Waals surface area (Å²) in [6, 6.07) is 2.94. The molecule has 106 valence electrons. The van der Waals surface area contributed by atoms with Crippen LogP contribution in [0, 0.1) is 5.82 Å². The Labute approximate surface area is 120 Å². The zero-order chi connectivity index (χ0) is 14.6. The Kier molecular flexibility index (Phi) is 5.75. The van der Waals surface area contributed by atoms with E-state index in [4.69, 9.17) is 5.11 Å². The first-order valence-corrected chi connectivity index (χ1v) is 6.74. The molecule has 0 heterocycles. The van der Waals surface area contributed by atoms with Gasteiger partial charge in [-0.05, 0) is 62.0 Å². The first-order valence-electron chi connectivity index (χ1n) is 5.95. The molecule has 4 nitrogen and oxygen atoms in total. The Hall–Kier alpha value is -1.14. The molecule has 1 rings (SSSR count). The van der Waals surface area contributed by atoms with Crippen molar-refractivity contribution in [1.29, 1.82) is 0 Å². The van der Waals surface area contributed by atoms with Crippen molar-refractivity contribution in [1.82, 2.24) is 4.90 Å². The number of carboxylic acid groups (broad SMARTS) is 1. The van der Waals surface area contributed by atoms with Crippen LogP contribution in [0.25, 0.3) is 0 Å². The van der Waals surface area contributed by atoms with E-state index in [9.17, 15) is 9.18 Å². The molecule has 0 amide bonds. The molecular weight excluding hydrogens is 315 g/mol. The lowest BCUT2D eigenvalue weighted by molar-refractivity contribution is 0.0695. The third-order valence-electron chi connectivity index (χ3n) is 2.72. The fourth-order valence-corrected chi connectivity index (χ4v) is 2.13. The van der Waals surface area contributed by atoms with Crippen molar-refractivity contribution >= 4 is 27.6 Å². The van der Waals surface area contributed by atoms with Crippen LogP contribution >= 0.6 is 15.9 Å². The molecule has 0 aromatic heterocycles. The van der Waals surface area contributed by atoms with Crippen LogP contribution < -0.4 is 5.32 Å². The summed E-state index contributed by atoms with van der Waals surface area (Å²) in [6.45, 7) is 2.85. The maximum atomic E-state index is 14.0. The molecule has 0 bridgehead atoms. The van der Waals surface area contributed by atoms with Crippen LogP contribution in [0.4, 0.5) is 10.1 Å². The average Bonchev–Trinajstić information content (AvgIpc) is 2.32. The minimum Gasteiger partial charge on any atom is -0.478 e. The van der Waals surface area contributed by atoms with Crippen LogP contribution in [0.3, 0.4) is 0 Å². The molecule has 0 spiro atoms. The first-order chi connectivity index (χ1) is 8.82. The second kappa shape index (κ2) is 6.86. The van der Waals surface area contributed by atoms with Crippen LogP contribution in [-0.4, -0.2) is 42.7 Å². The summed E-state index contributed by atoms with van der Waals surface area (Å²) in [5.74, 6) is -1.73. The largest absolute Gasteiger partial charge is 0.478 e. The van der Waals surface area contributed by atoms with Gasteiger partial charge < -0.3 is 15.3 Å². The van der Waals surface area contributed by atoms with Crippen LogP contribution in [0.5, 0.6) is 0 Å². The van der Waals surface area contributed by atoms with Crippen molar-refractivity contribution in [2.75, 3.05) is 26.0 Å². The van der Waals surface area contributed by atoms with E-state index in [1.54, 1.807) is 0 Å². The van der Waals surface area contributed by atoms with Crippen LogP contribution in [-0.2, 0) is 0 Å². The molecule has 0 saturated carbocycles. The molecule has 0 radical (unpaired) electrons. The third kappa shape index (κ3) is 4.47. The number of rotatable bonds is 6. The van der Waals surface area contributed by atoms with E-state index in [0.29, 0.717) is 5.69 Å². The molecule has 0 aliphatic rings. The van der Waals surface area contributed by atoms with Gasteiger partial charge in [0, 0.05) is 6.04 Å². The summed E-state index contributed by atoms with van der Waals surface area (Å²) in [4.78, 5) is 12.9. The van der Waals surface area contributed by atoms with Crippen molar-refractivity contribution in [3.63, 3.8) is 0 Å². The fraction of sp³-hybridized carbons (Fsp3) is 0.462. The van der Waals surface area contributed by atoms with E-state index >= 15 is 0 Å². The summed E-state index contributed by atoms with van der Waals surface area (Å²) in [5.41, 5.74) is 0.229. The van der Waals surface area contributed by atoms with E-state index in [2.05, 4.69) is 26.1 Å². The Balaban J connectivity index is 2.80. The summed E-state index contributed by atoms with van der Waals surface area (Å²) in [7, 11) is 3.96. The normalized spacial score (nSPS) is 12.5. The lowest BCUT2D eigenvalue weighted by atomic mass is 10.1. The van der Waals surface area contributed by atoms with Crippen molar-refractivity contribution in [3.8, 4) is 0 Å². The first kappa shape index (κ1) is 15.9. The zero-order valence-corrected chi connectivity index (χ0v) is 12.8. The molecule has 6 heteroatoms. The minimum atomic E-state index is -1.15. The van der Waals surface area contributed by atoms with Crippen LogP contribution in [0.1, 0.15) is 23.7 Å². The molecule has 1 aromatic rings. The van der Waals surface area contributed by atoms with Crippen LogP contribution in [0.15, 0.2) is 16.6 Å². The van der Waals surface area contributed by atoms with Gasteiger partial charge in [0.15, 0.2) is 5.82 Å². The topological polar surface area (TPSA) is 52.6 Å².